The van der Waals surface area contributed by atoms with Crippen LogP contribution in [0.2, 0.25) is 0 Å². The molecule has 1 aromatic heterocycles. The highest BCUT2D eigenvalue weighted by molar-refractivity contribution is 5.60. The Morgan fingerprint density at radius 1 is 1.27 bits per heavy atom. The third kappa shape index (κ3) is 2.85. The van der Waals surface area contributed by atoms with Crippen LogP contribution in [0.5, 0.6) is 0 Å². The summed E-state index contributed by atoms with van der Waals surface area (Å²) in [7, 11) is 0. The summed E-state index contributed by atoms with van der Waals surface area (Å²) in [5.41, 5.74) is 2.45. The Hall–Kier alpha value is -2.28. The molecule has 3 rings (SSSR count). The second-order valence-electron chi connectivity index (χ2n) is 6.51. The summed E-state index contributed by atoms with van der Waals surface area (Å²) in [4.78, 5) is 6.57. The first kappa shape index (κ1) is 14.6. The van der Waals surface area contributed by atoms with Crippen molar-refractivity contribution in [3.63, 3.8) is 0 Å². The van der Waals surface area contributed by atoms with Gasteiger partial charge in [0.05, 0.1) is 0 Å². The number of oxazole rings is 1. The Morgan fingerprint density at radius 3 is 2.64 bits per heavy atom. The van der Waals surface area contributed by atoms with Gasteiger partial charge in [0.25, 0.3) is 0 Å². The molecule has 0 spiro atoms. The van der Waals surface area contributed by atoms with Crippen LogP contribution in [-0.2, 0) is 0 Å². The Kier molecular flexibility index (Phi) is 3.89. The van der Waals surface area contributed by atoms with Crippen LogP contribution in [0.15, 0.2) is 28.7 Å². The maximum atomic E-state index is 9.40. The molecule has 1 saturated heterocycles. The highest BCUT2D eigenvalue weighted by Gasteiger charge is 2.27. The van der Waals surface area contributed by atoms with Crippen LogP contribution < -0.4 is 4.90 Å². The standard InChI is InChI=1S/C18H21N3O/c1-12-5-4-6-15(8-12)17-20-16(9-19)18(22-17)21-10-13(2)7-14(3)11-21/h4-6,8,13-14H,7,10-11H2,1-3H3/t13-,14+. The van der Waals surface area contributed by atoms with Crippen molar-refractivity contribution >= 4 is 5.88 Å². The minimum atomic E-state index is 0.387. The van der Waals surface area contributed by atoms with Crippen LogP contribution in [-0.4, -0.2) is 18.1 Å². The summed E-state index contributed by atoms with van der Waals surface area (Å²) in [5, 5.41) is 9.40. The van der Waals surface area contributed by atoms with E-state index in [2.05, 4.69) is 29.8 Å². The minimum Gasteiger partial charge on any atom is -0.419 e. The van der Waals surface area contributed by atoms with Gasteiger partial charge in [0.15, 0.2) is 0 Å². The van der Waals surface area contributed by atoms with E-state index in [4.69, 9.17) is 4.42 Å². The average Bonchev–Trinajstić information content (AvgIpc) is 2.90. The molecule has 0 saturated carbocycles. The molecule has 2 atom stereocenters. The number of hydrogen-bond acceptors (Lipinski definition) is 4. The molecule has 1 aliphatic heterocycles. The Labute approximate surface area is 131 Å². The molecule has 1 fully saturated rings. The predicted molar refractivity (Wildman–Crippen MR) is 86.5 cm³/mol. The number of anilines is 1. The quantitative estimate of drug-likeness (QED) is 0.840. The van der Waals surface area contributed by atoms with Crippen molar-refractivity contribution in [2.75, 3.05) is 18.0 Å². The molecule has 0 bridgehead atoms. The summed E-state index contributed by atoms with van der Waals surface area (Å²) >= 11 is 0. The SMILES string of the molecule is Cc1cccc(-c2nc(C#N)c(N3C[C@H](C)C[C@H](C)C3)o2)c1. The average molecular weight is 295 g/mol. The van der Waals surface area contributed by atoms with Gasteiger partial charge in [-0.2, -0.15) is 10.2 Å². The number of aromatic nitrogens is 1. The first-order valence-electron chi connectivity index (χ1n) is 7.79. The molecule has 1 aromatic carbocycles. The summed E-state index contributed by atoms with van der Waals surface area (Å²) < 4.78 is 5.98. The fourth-order valence-electron chi connectivity index (χ4n) is 3.33. The van der Waals surface area contributed by atoms with Crippen LogP contribution in [0.3, 0.4) is 0 Å². The number of rotatable bonds is 2. The second kappa shape index (κ2) is 5.84. The predicted octanol–water partition coefficient (Wildman–Crippen LogP) is 4.00. The number of piperidine rings is 1. The van der Waals surface area contributed by atoms with E-state index in [1.165, 1.54) is 6.42 Å². The molecule has 0 aliphatic carbocycles. The summed E-state index contributed by atoms with van der Waals surface area (Å²) in [6.07, 6.45) is 1.22. The van der Waals surface area contributed by atoms with Gasteiger partial charge in [0, 0.05) is 18.7 Å². The molecule has 0 N–H and O–H groups in total. The van der Waals surface area contributed by atoms with Crippen LogP contribution >= 0.6 is 0 Å². The van der Waals surface area contributed by atoms with E-state index in [-0.39, 0.29) is 0 Å². The third-order valence-electron chi connectivity index (χ3n) is 4.14. The van der Waals surface area contributed by atoms with Gasteiger partial charge in [-0.1, -0.05) is 31.5 Å². The fraction of sp³-hybridized carbons (Fsp3) is 0.444. The molecule has 0 unspecified atom stereocenters. The van der Waals surface area contributed by atoms with Crippen LogP contribution in [0, 0.1) is 30.1 Å². The zero-order chi connectivity index (χ0) is 15.7. The van der Waals surface area contributed by atoms with Gasteiger partial charge in [-0.3, -0.25) is 0 Å². The van der Waals surface area contributed by atoms with Crippen molar-refractivity contribution < 1.29 is 4.42 Å². The van der Waals surface area contributed by atoms with Gasteiger partial charge < -0.3 is 9.32 Å². The molecule has 2 heterocycles. The number of aryl methyl sites for hydroxylation is 1. The van der Waals surface area contributed by atoms with Gasteiger partial charge in [0.2, 0.25) is 17.5 Å². The summed E-state index contributed by atoms with van der Waals surface area (Å²) in [6, 6.07) is 10.2. The van der Waals surface area contributed by atoms with Crippen molar-refractivity contribution in [1.82, 2.24) is 4.98 Å². The smallest absolute Gasteiger partial charge is 0.235 e. The number of nitrogens with zero attached hydrogens (tertiary/aromatic N) is 3. The molecule has 4 heteroatoms. The molecule has 2 aromatic rings. The highest BCUT2D eigenvalue weighted by Crippen LogP contribution is 2.32. The van der Waals surface area contributed by atoms with Gasteiger partial charge in [-0.25, -0.2) is 0 Å². The highest BCUT2D eigenvalue weighted by atomic mass is 16.4. The topological polar surface area (TPSA) is 53.1 Å². The van der Waals surface area contributed by atoms with Crippen molar-refractivity contribution in [2.45, 2.75) is 27.2 Å². The summed E-state index contributed by atoms with van der Waals surface area (Å²) in [5.74, 6) is 2.35. The van der Waals surface area contributed by atoms with Gasteiger partial charge >= 0.3 is 0 Å². The van der Waals surface area contributed by atoms with E-state index in [1.54, 1.807) is 0 Å². The zero-order valence-corrected chi connectivity index (χ0v) is 13.3. The van der Waals surface area contributed by atoms with E-state index in [9.17, 15) is 5.26 Å². The third-order valence-corrected chi connectivity index (χ3v) is 4.14. The lowest BCUT2D eigenvalue weighted by Gasteiger charge is -2.34. The maximum absolute atomic E-state index is 9.40. The monoisotopic (exact) mass is 295 g/mol. The fourth-order valence-corrected chi connectivity index (χ4v) is 3.33. The number of nitriles is 1. The van der Waals surface area contributed by atoms with E-state index in [0.29, 0.717) is 29.3 Å². The first-order valence-corrected chi connectivity index (χ1v) is 7.79. The lowest BCUT2D eigenvalue weighted by atomic mass is 9.92. The van der Waals surface area contributed by atoms with Crippen molar-refractivity contribution in [2.24, 2.45) is 11.8 Å². The van der Waals surface area contributed by atoms with E-state index in [1.807, 2.05) is 31.2 Å². The zero-order valence-electron chi connectivity index (χ0n) is 13.3. The second-order valence-corrected chi connectivity index (χ2v) is 6.51. The van der Waals surface area contributed by atoms with E-state index in [0.717, 1.165) is 24.2 Å². The van der Waals surface area contributed by atoms with Gasteiger partial charge in [-0.15, -0.1) is 0 Å². The minimum absolute atomic E-state index is 0.387. The van der Waals surface area contributed by atoms with Crippen molar-refractivity contribution in [3.8, 4) is 17.5 Å². The van der Waals surface area contributed by atoms with Crippen LogP contribution in [0.4, 0.5) is 5.88 Å². The molecule has 4 nitrogen and oxygen atoms in total. The molecular weight excluding hydrogens is 274 g/mol. The van der Waals surface area contributed by atoms with Crippen molar-refractivity contribution in [1.29, 1.82) is 5.26 Å². The number of benzene rings is 1. The molecule has 1 aliphatic rings. The van der Waals surface area contributed by atoms with Gasteiger partial charge in [-0.05, 0) is 37.3 Å². The Bertz CT molecular complexity index is 703. The molecule has 114 valence electrons. The normalized spacial score (nSPS) is 21.6. The Morgan fingerprint density at radius 2 is 2.00 bits per heavy atom. The maximum Gasteiger partial charge on any atom is 0.235 e. The van der Waals surface area contributed by atoms with E-state index >= 15 is 0 Å². The first-order chi connectivity index (χ1) is 10.6. The van der Waals surface area contributed by atoms with E-state index < -0.39 is 0 Å². The number of hydrogen-bond donors (Lipinski definition) is 0. The molecular formula is C18H21N3O. The summed E-state index contributed by atoms with van der Waals surface area (Å²) in [6.45, 7) is 8.36. The molecule has 22 heavy (non-hydrogen) atoms. The largest absolute Gasteiger partial charge is 0.419 e. The lowest BCUT2D eigenvalue weighted by Crippen LogP contribution is -2.38. The van der Waals surface area contributed by atoms with Crippen LogP contribution in [0.1, 0.15) is 31.5 Å². The van der Waals surface area contributed by atoms with Crippen molar-refractivity contribution in [3.05, 3.63) is 35.5 Å². The lowest BCUT2D eigenvalue weighted by molar-refractivity contribution is 0.344. The Balaban J connectivity index is 1.97. The molecule has 0 radical (unpaired) electrons. The molecule has 0 amide bonds. The van der Waals surface area contributed by atoms with Gasteiger partial charge in [0.1, 0.15) is 6.07 Å². The van der Waals surface area contributed by atoms with Crippen LogP contribution in [0.25, 0.3) is 11.5 Å².